The number of benzene rings is 2. The number of aromatic carboxylic acids is 1. The summed E-state index contributed by atoms with van der Waals surface area (Å²) in [7, 11) is 0. The summed E-state index contributed by atoms with van der Waals surface area (Å²) in [4.78, 5) is 39.2. The first kappa shape index (κ1) is 20.1. The summed E-state index contributed by atoms with van der Waals surface area (Å²) in [5.41, 5.74) is 0.866. The summed E-state index contributed by atoms with van der Waals surface area (Å²) in [5.74, 6) is -1.78. The van der Waals surface area contributed by atoms with Crippen LogP contribution in [0.15, 0.2) is 56.7 Å². The summed E-state index contributed by atoms with van der Waals surface area (Å²) in [6.07, 6.45) is 1.14. The van der Waals surface area contributed by atoms with Crippen LogP contribution in [0.2, 0.25) is 0 Å². The quantitative estimate of drug-likeness (QED) is 0.444. The molecule has 1 aromatic heterocycles. The van der Waals surface area contributed by atoms with Crippen LogP contribution in [0.5, 0.6) is 5.75 Å². The number of urea groups is 1. The van der Waals surface area contributed by atoms with Crippen LogP contribution in [-0.4, -0.2) is 38.2 Å². The summed E-state index contributed by atoms with van der Waals surface area (Å²) in [6, 6.07) is 9.88. The number of nitrogens with zero attached hydrogens (tertiary/aromatic N) is 2. The van der Waals surface area contributed by atoms with Gasteiger partial charge in [-0.05, 0) is 43.3 Å². The molecule has 9 nitrogen and oxygen atoms in total. The molecule has 3 aromatic rings. The van der Waals surface area contributed by atoms with Crippen molar-refractivity contribution in [2.24, 2.45) is 4.99 Å². The molecule has 148 valence electrons. The second kappa shape index (κ2) is 8.15. The number of H-pyrrole nitrogens is 1. The average Bonchev–Trinajstić information content (AvgIpc) is 2.94. The van der Waals surface area contributed by atoms with E-state index in [4.69, 9.17) is 5.11 Å². The number of aromatic amines is 1. The summed E-state index contributed by atoms with van der Waals surface area (Å²) >= 11 is 3.33. The Kier molecular flexibility index (Phi) is 5.64. The van der Waals surface area contributed by atoms with Gasteiger partial charge in [0.15, 0.2) is 0 Å². The molecule has 0 aliphatic rings. The minimum Gasteiger partial charge on any atom is -0.507 e. The number of carboxylic acid groups (broad SMARTS) is 1. The van der Waals surface area contributed by atoms with E-state index in [2.05, 4.69) is 31.3 Å². The molecule has 3 rings (SSSR count). The number of aromatic nitrogens is 2. The van der Waals surface area contributed by atoms with Gasteiger partial charge in [-0.2, -0.15) is 0 Å². The van der Waals surface area contributed by atoms with Gasteiger partial charge in [0.1, 0.15) is 11.3 Å². The molecular formula is C19H15BrN4O5. The van der Waals surface area contributed by atoms with Crippen LogP contribution in [0.25, 0.3) is 5.69 Å². The number of aryl methyl sites for hydroxylation is 1. The van der Waals surface area contributed by atoms with Crippen LogP contribution in [0.3, 0.4) is 0 Å². The summed E-state index contributed by atoms with van der Waals surface area (Å²) in [6.45, 7) is 1.68. The van der Waals surface area contributed by atoms with E-state index in [0.717, 1.165) is 22.8 Å². The topological polar surface area (TPSA) is 137 Å². The minimum absolute atomic E-state index is 0.160. The van der Waals surface area contributed by atoms with Gasteiger partial charge in [-0.25, -0.2) is 19.3 Å². The van der Waals surface area contributed by atoms with Gasteiger partial charge in [-0.1, -0.05) is 15.9 Å². The Morgan fingerprint density at radius 1 is 1.21 bits per heavy atom. The predicted octanol–water partition coefficient (Wildman–Crippen LogP) is 3.29. The molecule has 0 aliphatic carbocycles. The number of nitrogens with one attached hydrogen (secondary N) is 2. The number of hydrogen-bond acceptors (Lipinski definition) is 4. The van der Waals surface area contributed by atoms with Gasteiger partial charge < -0.3 is 15.5 Å². The van der Waals surface area contributed by atoms with E-state index in [1.165, 1.54) is 10.7 Å². The third kappa shape index (κ3) is 4.43. The maximum atomic E-state index is 12.6. The molecule has 2 aromatic carbocycles. The number of amides is 2. The Hall–Kier alpha value is -3.66. The van der Waals surface area contributed by atoms with Gasteiger partial charge in [-0.3, -0.25) is 9.89 Å². The molecule has 0 bridgehead atoms. The molecular weight excluding hydrogens is 444 g/mol. The molecule has 4 N–H and O–H groups in total. The standard InChI is InChI=1S/C19H15BrN4O5/c1-10-15(17(26)24(23-10)13-5-2-11(20)3-6-13)9-21-19(29)22-12-4-7-14(18(27)28)16(25)8-12/h2-9,23,25H,1H3,(H,22,29)(H,27,28)/b21-9+. The highest BCUT2D eigenvalue weighted by molar-refractivity contribution is 9.10. The maximum absolute atomic E-state index is 12.6. The molecule has 0 saturated carbocycles. The highest BCUT2D eigenvalue weighted by Crippen LogP contribution is 2.22. The highest BCUT2D eigenvalue weighted by atomic mass is 79.9. The van der Waals surface area contributed by atoms with Crippen molar-refractivity contribution in [1.82, 2.24) is 9.78 Å². The smallest absolute Gasteiger partial charge is 0.345 e. The Morgan fingerprint density at radius 2 is 1.90 bits per heavy atom. The molecule has 29 heavy (non-hydrogen) atoms. The van der Waals surface area contributed by atoms with Crippen LogP contribution >= 0.6 is 15.9 Å². The van der Waals surface area contributed by atoms with E-state index < -0.39 is 17.7 Å². The SMILES string of the molecule is Cc1[nH]n(-c2ccc(Br)cc2)c(=O)c1/C=N/C(=O)Nc1ccc(C(=O)O)c(O)c1. The van der Waals surface area contributed by atoms with Crippen molar-refractivity contribution in [2.75, 3.05) is 5.32 Å². The van der Waals surface area contributed by atoms with E-state index in [1.54, 1.807) is 31.2 Å². The third-order valence-corrected chi connectivity index (χ3v) is 4.52. The fourth-order valence-corrected chi connectivity index (χ4v) is 2.82. The van der Waals surface area contributed by atoms with Crippen LogP contribution < -0.4 is 10.9 Å². The lowest BCUT2D eigenvalue weighted by Crippen LogP contribution is -2.17. The lowest BCUT2D eigenvalue weighted by molar-refractivity contribution is 0.0693. The summed E-state index contributed by atoms with van der Waals surface area (Å²) < 4.78 is 2.21. The molecule has 0 fully saturated rings. The molecule has 1 heterocycles. The van der Waals surface area contributed by atoms with Crippen LogP contribution in [0.1, 0.15) is 21.6 Å². The molecule has 10 heteroatoms. The number of aliphatic imine (C=N–C) groups is 1. The summed E-state index contributed by atoms with van der Waals surface area (Å²) in [5, 5.41) is 23.9. The van der Waals surface area contributed by atoms with E-state index >= 15 is 0 Å². The molecule has 0 unspecified atom stereocenters. The van der Waals surface area contributed by atoms with Gasteiger partial charge in [0, 0.05) is 28.1 Å². The number of carbonyl (C=O) groups excluding carboxylic acids is 1. The zero-order valence-corrected chi connectivity index (χ0v) is 16.6. The monoisotopic (exact) mass is 458 g/mol. The number of halogens is 1. The molecule has 0 spiro atoms. The van der Waals surface area contributed by atoms with Crippen molar-refractivity contribution in [3.8, 4) is 11.4 Å². The highest BCUT2D eigenvalue weighted by Gasteiger charge is 2.13. The molecule has 0 radical (unpaired) electrons. The van der Waals surface area contributed by atoms with Gasteiger partial charge >= 0.3 is 12.0 Å². The largest absolute Gasteiger partial charge is 0.507 e. The van der Waals surface area contributed by atoms with Crippen molar-refractivity contribution in [1.29, 1.82) is 0 Å². The fraction of sp³-hybridized carbons (Fsp3) is 0.0526. The van der Waals surface area contributed by atoms with Crippen LogP contribution in [-0.2, 0) is 0 Å². The van der Waals surface area contributed by atoms with E-state index in [-0.39, 0.29) is 22.4 Å². The number of rotatable bonds is 4. The zero-order valence-electron chi connectivity index (χ0n) is 15.0. The number of hydrogen-bond donors (Lipinski definition) is 4. The lowest BCUT2D eigenvalue weighted by atomic mass is 10.2. The van der Waals surface area contributed by atoms with Gasteiger partial charge in [-0.15, -0.1) is 0 Å². The van der Waals surface area contributed by atoms with Gasteiger partial charge in [0.2, 0.25) is 0 Å². The first-order chi connectivity index (χ1) is 13.8. The molecule has 2 amide bonds. The van der Waals surface area contributed by atoms with Crippen molar-refractivity contribution in [3.63, 3.8) is 0 Å². The number of carbonyl (C=O) groups is 2. The van der Waals surface area contributed by atoms with E-state index in [9.17, 15) is 19.5 Å². The van der Waals surface area contributed by atoms with Crippen molar-refractivity contribution in [2.45, 2.75) is 6.92 Å². The Morgan fingerprint density at radius 3 is 2.52 bits per heavy atom. The number of carboxylic acids is 1. The Labute approximate surface area is 172 Å². The second-order valence-corrected chi connectivity index (χ2v) is 6.91. The molecule has 0 atom stereocenters. The third-order valence-electron chi connectivity index (χ3n) is 3.99. The average molecular weight is 459 g/mol. The Balaban J connectivity index is 1.78. The first-order valence-corrected chi connectivity index (χ1v) is 9.04. The van der Waals surface area contributed by atoms with Gasteiger partial charge in [0.05, 0.1) is 11.3 Å². The van der Waals surface area contributed by atoms with E-state index in [1.807, 2.05) is 0 Å². The lowest BCUT2D eigenvalue weighted by Gasteiger charge is -2.04. The fourth-order valence-electron chi connectivity index (χ4n) is 2.55. The normalized spacial score (nSPS) is 11.0. The van der Waals surface area contributed by atoms with Crippen LogP contribution in [0, 0.1) is 6.92 Å². The predicted molar refractivity (Wildman–Crippen MR) is 111 cm³/mol. The minimum atomic E-state index is -1.29. The number of aromatic hydroxyl groups is 1. The van der Waals surface area contributed by atoms with E-state index in [0.29, 0.717) is 11.4 Å². The molecule has 0 aliphatic heterocycles. The number of anilines is 1. The van der Waals surface area contributed by atoms with Crippen molar-refractivity contribution in [3.05, 3.63) is 74.1 Å². The maximum Gasteiger partial charge on any atom is 0.345 e. The molecule has 0 saturated heterocycles. The second-order valence-electron chi connectivity index (χ2n) is 5.99. The Bertz CT molecular complexity index is 1180. The number of phenols is 1. The first-order valence-electron chi connectivity index (χ1n) is 8.25. The van der Waals surface area contributed by atoms with Gasteiger partial charge in [0.25, 0.3) is 5.56 Å². The zero-order chi connectivity index (χ0) is 21.1. The van der Waals surface area contributed by atoms with Crippen LogP contribution in [0.4, 0.5) is 10.5 Å². The van der Waals surface area contributed by atoms with Crippen molar-refractivity contribution < 1.29 is 19.8 Å². The van der Waals surface area contributed by atoms with Crippen molar-refractivity contribution >= 4 is 39.8 Å².